The molecule has 0 radical (unpaired) electrons. The second-order valence-electron chi connectivity index (χ2n) is 4.15. The van der Waals surface area contributed by atoms with Gasteiger partial charge in [0.25, 0.3) is 0 Å². The van der Waals surface area contributed by atoms with Gasteiger partial charge in [-0.05, 0) is 23.8 Å². The first kappa shape index (κ1) is 14.0. The van der Waals surface area contributed by atoms with E-state index in [0.717, 1.165) is 5.69 Å². The Kier molecular flexibility index (Phi) is 4.24. The molecule has 0 bridgehead atoms. The lowest BCUT2D eigenvalue weighted by Crippen LogP contribution is -2.25. The number of sulfonamides is 1. The second kappa shape index (κ2) is 5.73. The lowest BCUT2D eigenvalue weighted by Gasteiger charge is -2.07. The van der Waals surface area contributed by atoms with Crippen LogP contribution in [0.4, 0.5) is 0 Å². The second-order valence-corrected chi connectivity index (χ2v) is 6.40. The highest BCUT2D eigenvalue weighted by molar-refractivity contribution is 7.88. The summed E-state index contributed by atoms with van der Waals surface area (Å²) in [7, 11) is -1.61. The molecule has 0 aliphatic heterocycles. The van der Waals surface area contributed by atoms with Gasteiger partial charge in [0.05, 0.1) is 18.0 Å². The minimum Gasteiger partial charge on any atom is -0.271 e. The third kappa shape index (κ3) is 4.05. The van der Waals surface area contributed by atoms with Gasteiger partial charge in [0.1, 0.15) is 0 Å². The summed E-state index contributed by atoms with van der Waals surface area (Å²) < 4.78 is 28.0. The summed E-state index contributed by atoms with van der Waals surface area (Å²) in [6, 6.07) is 8.52. The van der Waals surface area contributed by atoms with Gasteiger partial charge >= 0.3 is 0 Å². The number of rotatable bonds is 5. The number of nitrogens with one attached hydrogen (secondary N) is 1. The molecular weight excluding hydrogens is 286 g/mol. The largest absolute Gasteiger partial charge is 0.271 e. The summed E-state index contributed by atoms with van der Waals surface area (Å²) in [5.41, 5.74) is 1.50. The summed E-state index contributed by atoms with van der Waals surface area (Å²) in [4.78, 5) is 0. The van der Waals surface area contributed by atoms with Gasteiger partial charge in [0, 0.05) is 18.3 Å². The van der Waals surface area contributed by atoms with Gasteiger partial charge in [-0.3, -0.25) is 4.68 Å². The maximum atomic E-state index is 11.9. The molecule has 0 saturated carbocycles. The van der Waals surface area contributed by atoms with E-state index < -0.39 is 10.0 Å². The number of benzene rings is 1. The van der Waals surface area contributed by atoms with E-state index in [1.807, 2.05) is 0 Å². The third-order valence-electron chi connectivity index (χ3n) is 2.67. The van der Waals surface area contributed by atoms with E-state index in [4.69, 9.17) is 11.6 Å². The van der Waals surface area contributed by atoms with Crippen LogP contribution in [0, 0.1) is 0 Å². The molecule has 0 amide bonds. The number of halogens is 1. The van der Waals surface area contributed by atoms with Gasteiger partial charge < -0.3 is 0 Å². The van der Waals surface area contributed by atoms with Crippen molar-refractivity contribution >= 4 is 21.6 Å². The molecule has 102 valence electrons. The first-order valence-electron chi connectivity index (χ1n) is 5.65. The molecule has 7 heteroatoms. The number of nitrogens with zero attached hydrogens (tertiary/aromatic N) is 2. The fourth-order valence-corrected chi connectivity index (χ4v) is 2.84. The lowest BCUT2D eigenvalue weighted by molar-refractivity contribution is 0.576. The highest BCUT2D eigenvalue weighted by Gasteiger charge is 2.12. The summed E-state index contributed by atoms with van der Waals surface area (Å²) in [5, 5.41) is 4.57. The molecule has 19 heavy (non-hydrogen) atoms. The van der Waals surface area contributed by atoms with Crippen LogP contribution in [0.3, 0.4) is 0 Å². The van der Waals surface area contributed by atoms with E-state index >= 15 is 0 Å². The van der Waals surface area contributed by atoms with E-state index in [9.17, 15) is 8.42 Å². The van der Waals surface area contributed by atoms with Crippen molar-refractivity contribution in [3.05, 3.63) is 52.8 Å². The van der Waals surface area contributed by atoms with Crippen LogP contribution in [0.15, 0.2) is 36.5 Å². The van der Waals surface area contributed by atoms with E-state index in [0.29, 0.717) is 10.6 Å². The highest BCUT2D eigenvalue weighted by atomic mass is 35.5. The minimum absolute atomic E-state index is 0.0674. The summed E-state index contributed by atoms with van der Waals surface area (Å²) >= 11 is 5.75. The van der Waals surface area contributed by atoms with Crippen LogP contribution < -0.4 is 4.72 Å². The molecule has 1 heterocycles. The van der Waals surface area contributed by atoms with Crippen molar-refractivity contribution < 1.29 is 8.42 Å². The Hall–Kier alpha value is -1.37. The van der Waals surface area contributed by atoms with Crippen LogP contribution in [0.1, 0.15) is 11.3 Å². The maximum Gasteiger partial charge on any atom is 0.216 e. The van der Waals surface area contributed by atoms with Crippen LogP contribution in [0.2, 0.25) is 5.02 Å². The summed E-state index contributed by atoms with van der Waals surface area (Å²) in [6.45, 7) is 0.229. The Bertz CT molecular complexity index is 650. The Balaban J connectivity index is 1.99. The Morgan fingerprint density at radius 1 is 1.26 bits per heavy atom. The molecule has 5 nitrogen and oxygen atoms in total. The Labute approximate surface area is 117 Å². The van der Waals surface area contributed by atoms with Crippen molar-refractivity contribution in [3.8, 4) is 0 Å². The highest BCUT2D eigenvalue weighted by Crippen LogP contribution is 2.11. The fourth-order valence-electron chi connectivity index (χ4n) is 1.61. The lowest BCUT2D eigenvalue weighted by atomic mass is 10.2. The molecule has 2 rings (SSSR count). The van der Waals surface area contributed by atoms with Gasteiger partial charge in [0.15, 0.2) is 0 Å². The van der Waals surface area contributed by atoms with Gasteiger partial charge in [-0.1, -0.05) is 23.7 Å². The minimum atomic E-state index is -3.37. The van der Waals surface area contributed by atoms with Crippen molar-refractivity contribution in [1.29, 1.82) is 0 Å². The predicted molar refractivity (Wildman–Crippen MR) is 74.1 cm³/mol. The Morgan fingerprint density at radius 2 is 1.95 bits per heavy atom. The molecule has 1 aromatic heterocycles. The van der Waals surface area contributed by atoms with E-state index in [-0.39, 0.29) is 12.3 Å². The Morgan fingerprint density at radius 3 is 2.53 bits per heavy atom. The standard InChI is InChI=1S/C12H14ClN3O2S/c1-16-12(6-7-14-16)8-15-19(17,18)9-10-2-4-11(13)5-3-10/h2-7,15H,8-9H2,1H3. The first-order valence-corrected chi connectivity index (χ1v) is 7.68. The normalized spacial score (nSPS) is 11.7. The van der Waals surface area contributed by atoms with Gasteiger partial charge in [-0.15, -0.1) is 0 Å². The van der Waals surface area contributed by atoms with Crippen molar-refractivity contribution in [2.24, 2.45) is 7.05 Å². The summed E-state index contributed by atoms with van der Waals surface area (Å²) in [6.07, 6.45) is 1.63. The molecular formula is C12H14ClN3O2S. The zero-order chi connectivity index (χ0) is 13.9. The van der Waals surface area contributed by atoms with Gasteiger partial charge in [-0.2, -0.15) is 5.10 Å². The van der Waals surface area contributed by atoms with Crippen molar-refractivity contribution in [2.45, 2.75) is 12.3 Å². The molecule has 1 N–H and O–H groups in total. The first-order chi connectivity index (χ1) is 8.96. The smallest absolute Gasteiger partial charge is 0.216 e. The van der Waals surface area contributed by atoms with Crippen LogP contribution in [0.25, 0.3) is 0 Å². The molecule has 0 unspecified atom stereocenters. The number of aromatic nitrogens is 2. The molecule has 1 aromatic carbocycles. The monoisotopic (exact) mass is 299 g/mol. The molecule has 0 atom stereocenters. The van der Waals surface area contributed by atoms with Crippen LogP contribution in [-0.4, -0.2) is 18.2 Å². The average Bonchev–Trinajstić information content (AvgIpc) is 2.75. The van der Waals surface area contributed by atoms with Crippen molar-refractivity contribution in [2.75, 3.05) is 0 Å². The van der Waals surface area contributed by atoms with E-state index in [1.165, 1.54) is 0 Å². The molecule has 0 spiro atoms. The predicted octanol–water partition coefficient (Wildman–Crippen LogP) is 1.69. The van der Waals surface area contributed by atoms with Crippen LogP contribution in [0.5, 0.6) is 0 Å². The van der Waals surface area contributed by atoms with Crippen LogP contribution in [-0.2, 0) is 29.4 Å². The SMILES string of the molecule is Cn1nccc1CNS(=O)(=O)Cc1ccc(Cl)cc1. The topological polar surface area (TPSA) is 64.0 Å². The maximum absolute atomic E-state index is 11.9. The van der Waals surface area contributed by atoms with E-state index in [2.05, 4.69) is 9.82 Å². The number of hydrogen-bond acceptors (Lipinski definition) is 3. The number of aryl methyl sites for hydroxylation is 1. The molecule has 0 aliphatic rings. The van der Waals surface area contributed by atoms with E-state index in [1.54, 1.807) is 48.3 Å². The third-order valence-corrected chi connectivity index (χ3v) is 4.22. The van der Waals surface area contributed by atoms with Gasteiger partial charge in [-0.25, -0.2) is 13.1 Å². The zero-order valence-electron chi connectivity index (χ0n) is 10.4. The molecule has 0 saturated heterocycles. The van der Waals surface area contributed by atoms with Crippen LogP contribution >= 0.6 is 11.6 Å². The average molecular weight is 300 g/mol. The molecule has 2 aromatic rings. The summed E-state index contributed by atoms with van der Waals surface area (Å²) in [5.74, 6) is -0.0674. The fraction of sp³-hybridized carbons (Fsp3) is 0.250. The van der Waals surface area contributed by atoms with Gasteiger partial charge in [0.2, 0.25) is 10.0 Å². The van der Waals surface area contributed by atoms with Crippen molar-refractivity contribution in [1.82, 2.24) is 14.5 Å². The molecule has 0 aliphatic carbocycles. The number of hydrogen-bond donors (Lipinski definition) is 1. The molecule has 0 fully saturated rings. The zero-order valence-corrected chi connectivity index (χ0v) is 11.9. The van der Waals surface area contributed by atoms with Crippen molar-refractivity contribution in [3.63, 3.8) is 0 Å². The quantitative estimate of drug-likeness (QED) is 0.914.